The van der Waals surface area contributed by atoms with E-state index >= 15 is 0 Å². The Morgan fingerprint density at radius 2 is 2.30 bits per heavy atom. The van der Waals surface area contributed by atoms with E-state index in [2.05, 4.69) is 37.4 Å². The van der Waals surface area contributed by atoms with Crippen LogP contribution < -0.4 is 10.1 Å². The molecular weight excluding hydrogens is 250 g/mol. The molecule has 1 aromatic carbocycles. The molecule has 1 saturated heterocycles. The summed E-state index contributed by atoms with van der Waals surface area (Å²) in [6.07, 6.45) is 3.45. The molecule has 1 heterocycles. The summed E-state index contributed by atoms with van der Waals surface area (Å²) in [6, 6.07) is 6.80. The van der Waals surface area contributed by atoms with Gasteiger partial charge in [-0.25, -0.2) is 0 Å². The van der Waals surface area contributed by atoms with Crippen LogP contribution in [-0.2, 0) is 4.74 Å². The van der Waals surface area contributed by atoms with Gasteiger partial charge in [-0.3, -0.25) is 0 Å². The normalized spacial score (nSPS) is 20.1. The van der Waals surface area contributed by atoms with Gasteiger partial charge in [-0.15, -0.1) is 0 Å². The van der Waals surface area contributed by atoms with E-state index in [1.165, 1.54) is 17.5 Å². The lowest BCUT2D eigenvalue weighted by Gasteiger charge is -2.24. The third kappa shape index (κ3) is 3.97. The molecule has 1 aliphatic heterocycles. The second-order valence-electron chi connectivity index (χ2n) is 5.72. The fourth-order valence-electron chi connectivity index (χ4n) is 2.87. The zero-order chi connectivity index (χ0) is 14.4. The summed E-state index contributed by atoms with van der Waals surface area (Å²) in [7, 11) is 1.75. The Morgan fingerprint density at radius 1 is 1.45 bits per heavy atom. The predicted octanol–water partition coefficient (Wildman–Crippen LogP) is 3.47. The molecule has 1 fully saturated rings. The molecule has 0 amide bonds. The molecule has 3 nitrogen and oxygen atoms in total. The standard InChI is InChI=1S/C17H27NO2/c1-4-8-18-16(11-14-7-9-20-12-14)15-10-13(2)5-6-17(15)19-3/h5-6,10,14,16,18H,4,7-9,11-12H2,1-3H3. The number of nitrogens with one attached hydrogen (secondary N) is 1. The molecule has 0 radical (unpaired) electrons. The number of ether oxygens (including phenoxy) is 2. The maximum absolute atomic E-state index is 5.55. The molecule has 1 N–H and O–H groups in total. The van der Waals surface area contributed by atoms with Gasteiger partial charge in [-0.05, 0) is 44.7 Å². The average molecular weight is 277 g/mol. The molecule has 0 aliphatic carbocycles. The summed E-state index contributed by atoms with van der Waals surface area (Å²) < 4.78 is 11.1. The molecule has 0 spiro atoms. The highest BCUT2D eigenvalue weighted by molar-refractivity contribution is 5.39. The maximum Gasteiger partial charge on any atom is 0.123 e. The molecule has 1 aliphatic rings. The van der Waals surface area contributed by atoms with Crippen molar-refractivity contribution >= 4 is 0 Å². The van der Waals surface area contributed by atoms with E-state index in [0.717, 1.165) is 38.3 Å². The second kappa shape index (κ2) is 7.65. The van der Waals surface area contributed by atoms with E-state index in [4.69, 9.17) is 9.47 Å². The van der Waals surface area contributed by atoms with Gasteiger partial charge in [-0.1, -0.05) is 24.6 Å². The number of methoxy groups -OCH3 is 1. The highest BCUT2D eigenvalue weighted by atomic mass is 16.5. The zero-order valence-electron chi connectivity index (χ0n) is 12.9. The summed E-state index contributed by atoms with van der Waals surface area (Å²) in [4.78, 5) is 0. The molecule has 20 heavy (non-hydrogen) atoms. The van der Waals surface area contributed by atoms with Crippen LogP contribution in [0.1, 0.15) is 43.4 Å². The number of hydrogen-bond acceptors (Lipinski definition) is 3. The van der Waals surface area contributed by atoms with E-state index in [9.17, 15) is 0 Å². The molecule has 2 unspecified atom stereocenters. The maximum atomic E-state index is 5.55. The fraction of sp³-hybridized carbons (Fsp3) is 0.647. The van der Waals surface area contributed by atoms with E-state index in [1.807, 2.05) is 0 Å². The average Bonchev–Trinajstić information content (AvgIpc) is 2.96. The summed E-state index contributed by atoms with van der Waals surface area (Å²) in [5.74, 6) is 1.65. The number of hydrogen-bond donors (Lipinski definition) is 1. The van der Waals surface area contributed by atoms with Gasteiger partial charge in [0.1, 0.15) is 5.75 Å². The Balaban J connectivity index is 2.17. The summed E-state index contributed by atoms with van der Waals surface area (Å²) >= 11 is 0. The van der Waals surface area contributed by atoms with Crippen LogP contribution in [0.25, 0.3) is 0 Å². The summed E-state index contributed by atoms with van der Waals surface area (Å²) in [6.45, 7) is 7.19. The third-order valence-electron chi connectivity index (χ3n) is 3.99. The van der Waals surface area contributed by atoms with Crippen molar-refractivity contribution in [3.63, 3.8) is 0 Å². The van der Waals surface area contributed by atoms with Crippen LogP contribution in [0.4, 0.5) is 0 Å². The lowest BCUT2D eigenvalue weighted by molar-refractivity contribution is 0.181. The molecule has 1 aromatic rings. The van der Waals surface area contributed by atoms with Crippen molar-refractivity contribution in [2.24, 2.45) is 5.92 Å². The molecular formula is C17H27NO2. The van der Waals surface area contributed by atoms with Crippen LogP contribution in [0.15, 0.2) is 18.2 Å². The highest BCUT2D eigenvalue weighted by Crippen LogP contribution is 2.32. The van der Waals surface area contributed by atoms with E-state index in [1.54, 1.807) is 7.11 Å². The first kappa shape index (κ1) is 15.3. The van der Waals surface area contributed by atoms with Crippen molar-refractivity contribution in [3.8, 4) is 5.75 Å². The lowest BCUT2D eigenvalue weighted by Crippen LogP contribution is -2.25. The molecule has 0 aromatic heterocycles. The minimum atomic E-state index is 0.358. The van der Waals surface area contributed by atoms with Crippen LogP contribution in [0, 0.1) is 12.8 Å². The van der Waals surface area contributed by atoms with Crippen LogP contribution in [0.5, 0.6) is 5.75 Å². The van der Waals surface area contributed by atoms with Crippen molar-refractivity contribution in [1.29, 1.82) is 0 Å². The third-order valence-corrected chi connectivity index (χ3v) is 3.99. The van der Waals surface area contributed by atoms with Crippen LogP contribution in [-0.4, -0.2) is 26.9 Å². The monoisotopic (exact) mass is 277 g/mol. The van der Waals surface area contributed by atoms with Gasteiger partial charge in [0.15, 0.2) is 0 Å². The second-order valence-corrected chi connectivity index (χ2v) is 5.72. The SMILES string of the molecule is CCCNC(CC1CCOC1)c1cc(C)ccc1OC. The van der Waals surface area contributed by atoms with Crippen molar-refractivity contribution in [2.75, 3.05) is 26.9 Å². The minimum Gasteiger partial charge on any atom is -0.496 e. The lowest BCUT2D eigenvalue weighted by atomic mass is 9.92. The van der Waals surface area contributed by atoms with Gasteiger partial charge >= 0.3 is 0 Å². The van der Waals surface area contributed by atoms with E-state index in [0.29, 0.717) is 12.0 Å². The highest BCUT2D eigenvalue weighted by Gasteiger charge is 2.23. The predicted molar refractivity (Wildman–Crippen MR) is 82.3 cm³/mol. The Bertz CT molecular complexity index is 413. The van der Waals surface area contributed by atoms with E-state index < -0.39 is 0 Å². The van der Waals surface area contributed by atoms with Crippen molar-refractivity contribution in [3.05, 3.63) is 29.3 Å². The van der Waals surface area contributed by atoms with Gasteiger partial charge in [-0.2, -0.15) is 0 Å². The van der Waals surface area contributed by atoms with Gasteiger partial charge in [0.2, 0.25) is 0 Å². The molecule has 0 bridgehead atoms. The van der Waals surface area contributed by atoms with Crippen molar-refractivity contribution in [1.82, 2.24) is 5.32 Å². The Kier molecular flexibility index (Phi) is 5.86. The van der Waals surface area contributed by atoms with Gasteiger partial charge in [0.05, 0.1) is 7.11 Å². The van der Waals surface area contributed by atoms with Gasteiger partial charge < -0.3 is 14.8 Å². The fourth-order valence-corrected chi connectivity index (χ4v) is 2.87. The molecule has 2 atom stereocenters. The van der Waals surface area contributed by atoms with E-state index in [-0.39, 0.29) is 0 Å². The van der Waals surface area contributed by atoms with Crippen LogP contribution >= 0.6 is 0 Å². The molecule has 0 saturated carbocycles. The van der Waals surface area contributed by atoms with Gasteiger partial charge in [0, 0.05) is 24.8 Å². The Hall–Kier alpha value is -1.06. The quantitative estimate of drug-likeness (QED) is 0.828. The Morgan fingerprint density at radius 3 is 2.95 bits per heavy atom. The smallest absolute Gasteiger partial charge is 0.123 e. The molecule has 2 rings (SSSR count). The summed E-state index contributed by atoms with van der Waals surface area (Å²) in [5.41, 5.74) is 2.57. The first-order valence-corrected chi connectivity index (χ1v) is 7.70. The van der Waals surface area contributed by atoms with Crippen LogP contribution in [0.3, 0.4) is 0 Å². The zero-order valence-corrected chi connectivity index (χ0v) is 12.9. The number of aryl methyl sites for hydroxylation is 1. The van der Waals surface area contributed by atoms with Gasteiger partial charge in [0.25, 0.3) is 0 Å². The first-order valence-electron chi connectivity index (χ1n) is 7.70. The topological polar surface area (TPSA) is 30.5 Å². The van der Waals surface area contributed by atoms with Crippen molar-refractivity contribution in [2.45, 2.75) is 39.2 Å². The number of rotatable bonds is 7. The first-order chi connectivity index (χ1) is 9.74. The molecule has 112 valence electrons. The van der Waals surface area contributed by atoms with Crippen LogP contribution in [0.2, 0.25) is 0 Å². The van der Waals surface area contributed by atoms with Crippen molar-refractivity contribution < 1.29 is 9.47 Å². The largest absolute Gasteiger partial charge is 0.496 e. The number of benzene rings is 1. The summed E-state index contributed by atoms with van der Waals surface area (Å²) in [5, 5.41) is 3.68. The minimum absolute atomic E-state index is 0.358. The Labute approximate surface area is 122 Å². The molecule has 3 heteroatoms.